The monoisotopic (exact) mass is 377 g/mol. The molecule has 2 aromatic heterocycles. The quantitative estimate of drug-likeness (QED) is 0.687. The van der Waals surface area contributed by atoms with E-state index in [-0.39, 0.29) is 5.91 Å². The van der Waals surface area contributed by atoms with E-state index >= 15 is 0 Å². The molecular weight excluding hydrogens is 354 g/mol. The van der Waals surface area contributed by atoms with Gasteiger partial charge in [0.25, 0.3) is 5.91 Å². The number of nitrogens with zero attached hydrogens (tertiary/aromatic N) is 7. The number of carbonyl (C=O) groups is 1. The van der Waals surface area contributed by atoms with Crippen molar-refractivity contribution in [3.8, 4) is 11.4 Å². The molecule has 0 spiro atoms. The Kier molecular flexibility index (Phi) is 5.38. The summed E-state index contributed by atoms with van der Waals surface area (Å²) in [6.07, 6.45) is 4.62. The maximum absolute atomic E-state index is 12.9. The standard InChI is InChI=1S/C20H23N7O/c1-25-23-19(22-24-25)17-3-5-18(6-4-17)20(28)27-12-2-11-26(13-14-27)15-16-7-9-21-10-8-16/h3-10H,2,11-15H2,1H3. The summed E-state index contributed by atoms with van der Waals surface area (Å²) in [5.41, 5.74) is 2.79. The molecule has 0 atom stereocenters. The van der Waals surface area contributed by atoms with Crippen molar-refractivity contribution in [2.24, 2.45) is 7.05 Å². The molecule has 3 aromatic rings. The van der Waals surface area contributed by atoms with Crippen molar-refractivity contribution in [3.05, 3.63) is 59.9 Å². The third kappa shape index (κ3) is 4.23. The summed E-state index contributed by atoms with van der Waals surface area (Å²) in [6.45, 7) is 4.26. The van der Waals surface area contributed by atoms with Crippen LogP contribution in [0.15, 0.2) is 48.8 Å². The predicted octanol–water partition coefficient (Wildman–Crippen LogP) is 1.62. The second-order valence-electron chi connectivity index (χ2n) is 6.96. The normalized spacial score (nSPS) is 15.4. The summed E-state index contributed by atoms with van der Waals surface area (Å²) in [4.78, 5) is 22.8. The third-order valence-corrected chi connectivity index (χ3v) is 4.93. The highest BCUT2D eigenvalue weighted by Gasteiger charge is 2.20. The van der Waals surface area contributed by atoms with Gasteiger partial charge in [0.1, 0.15) is 0 Å². The minimum Gasteiger partial charge on any atom is -0.337 e. The summed E-state index contributed by atoms with van der Waals surface area (Å²) in [5.74, 6) is 0.632. The van der Waals surface area contributed by atoms with Crippen molar-refractivity contribution in [1.82, 2.24) is 35.0 Å². The van der Waals surface area contributed by atoms with Gasteiger partial charge in [0.2, 0.25) is 5.82 Å². The Morgan fingerprint density at radius 1 is 1.00 bits per heavy atom. The highest BCUT2D eigenvalue weighted by molar-refractivity contribution is 5.94. The number of carbonyl (C=O) groups excluding carboxylic acids is 1. The number of benzene rings is 1. The Balaban J connectivity index is 1.38. The van der Waals surface area contributed by atoms with Crippen LogP contribution in [0.4, 0.5) is 0 Å². The van der Waals surface area contributed by atoms with Gasteiger partial charge in [0.05, 0.1) is 7.05 Å². The molecule has 0 bridgehead atoms. The zero-order valence-corrected chi connectivity index (χ0v) is 15.9. The van der Waals surface area contributed by atoms with Crippen LogP contribution in [0.2, 0.25) is 0 Å². The molecule has 8 heteroatoms. The van der Waals surface area contributed by atoms with Crippen LogP contribution >= 0.6 is 0 Å². The minimum absolute atomic E-state index is 0.0735. The lowest BCUT2D eigenvalue weighted by atomic mass is 10.1. The average molecular weight is 377 g/mol. The Morgan fingerprint density at radius 3 is 2.50 bits per heavy atom. The summed E-state index contributed by atoms with van der Waals surface area (Å²) in [6, 6.07) is 11.5. The fourth-order valence-electron chi connectivity index (χ4n) is 3.42. The van der Waals surface area contributed by atoms with Crippen LogP contribution in [0.25, 0.3) is 11.4 Å². The van der Waals surface area contributed by atoms with E-state index in [4.69, 9.17) is 0 Å². The van der Waals surface area contributed by atoms with E-state index in [9.17, 15) is 4.79 Å². The molecule has 1 aliphatic rings. The summed E-state index contributed by atoms with van der Waals surface area (Å²) < 4.78 is 0. The predicted molar refractivity (Wildman–Crippen MR) is 104 cm³/mol. The molecule has 0 saturated carbocycles. The first-order chi connectivity index (χ1) is 13.7. The largest absolute Gasteiger partial charge is 0.337 e. The van der Waals surface area contributed by atoms with Crippen LogP contribution in [0, 0.1) is 0 Å². The van der Waals surface area contributed by atoms with Crippen LogP contribution < -0.4 is 0 Å². The molecule has 144 valence electrons. The van der Waals surface area contributed by atoms with E-state index in [1.54, 1.807) is 7.05 Å². The van der Waals surface area contributed by atoms with Gasteiger partial charge in [0.15, 0.2) is 0 Å². The zero-order valence-electron chi connectivity index (χ0n) is 15.9. The lowest BCUT2D eigenvalue weighted by Crippen LogP contribution is -2.35. The van der Waals surface area contributed by atoms with Crippen molar-refractivity contribution < 1.29 is 4.79 Å². The van der Waals surface area contributed by atoms with Crippen LogP contribution in [-0.2, 0) is 13.6 Å². The number of amides is 1. The van der Waals surface area contributed by atoms with Crippen LogP contribution in [0.5, 0.6) is 0 Å². The van der Waals surface area contributed by atoms with E-state index in [0.29, 0.717) is 11.4 Å². The Bertz CT molecular complexity index is 923. The number of hydrogen-bond donors (Lipinski definition) is 0. The first kappa shape index (κ1) is 18.2. The van der Waals surface area contributed by atoms with Crippen molar-refractivity contribution in [1.29, 1.82) is 0 Å². The van der Waals surface area contributed by atoms with Crippen LogP contribution in [0.1, 0.15) is 22.3 Å². The first-order valence-corrected chi connectivity index (χ1v) is 9.44. The fourth-order valence-corrected chi connectivity index (χ4v) is 3.42. The minimum atomic E-state index is 0.0735. The number of hydrogen-bond acceptors (Lipinski definition) is 6. The molecule has 1 saturated heterocycles. The van der Waals surface area contributed by atoms with Gasteiger partial charge in [-0.2, -0.15) is 4.80 Å². The lowest BCUT2D eigenvalue weighted by molar-refractivity contribution is 0.0761. The molecule has 0 unspecified atom stereocenters. The van der Waals surface area contributed by atoms with E-state index in [1.807, 2.05) is 53.7 Å². The Hall–Kier alpha value is -3.13. The molecule has 4 rings (SSSR count). The molecule has 3 heterocycles. The topological polar surface area (TPSA) is 80.0 Å². The van der Waals surface area contributed by atoms with Crippen molar-refractivity contribution in [2.75, 3.05) is 26.2 Å². The Labute approximate surface area is 163 Å². The lowest BCUT2D eigenvalue weighted by Gasteiger charge is -2.22. The molecule has 1 aliphatic heterocycles. The molecule has 28 heavy (non-hydrogen) atoms. The first-order valence-electron chi connectivity index (χ1n) is 9.44. The van der Waals surface area contributed by atoms with Gasteiger partial charge < -0.3 is 4.90 Å². The van der Waals surface area contributed by atoms with Crippen LogP contribution in [0.3, 0.4) is 0 Å². The summed E-state index contributed by atoms with van der Waals surface area (Å²) in [7, 11) is 1.73. The SMILES string of the molecule is Cn1nnc(-c2ccc(C(=O)N3CCCN(Cc4ccncc4)CC3)cc2)n1. The van der Waals surface area contributed by atoms with E-state index in [1.165, 1.54) is 10.4 Å². The fraction of sp³-hybridized carbons (Fsp3) is 0.350. The summed E-state index contributed by atoms with van der Waals surface area (Å²) in [5, 5.41) is 12.0. The molecule has 1 amide bonds. The molecule has 0 aliphatic carbocycles. The number of tetrazole rings is 1. The molecule has 1 aromatic carbocycles. The van der Waals surface area contributed by atoms with Crippen molar-refractivity contribution in [3.63, 3.8) is 0 Å². The van der Waals surface area contributed by atoms with Gasteiger partial charge in [-0.05, 0) is 41.5 Å². The summed E-state index contributed by atoms with van der Waals surface area (Å²) >= 11 is 0. The number of aryl methyl sites for hydroxylation is 1. The van der Waals surface area contributed by atoms with Crippen molar-refractivity contribution in [2.45, 2.75) is 13.0 Å². The maximum Gasteiger partial charge on any atom is 0.253 e. The van der Waals surface area contributed by atoms with Gasteiger partial charge in [0, 0.05) is 56.2 Å². The molecule has 0 N–H and O–H groups in total. The average Bonchev–Trinajstić information content (AvgIpc) is 3.03. The number of aromatic nitrogens is 5. The zero-order chi connectivity index (χ0) is 19.3. The molecule has 1 fully saturated rings. The van der Waals surface area contributed by atoms with Crippen LogP contribution in [-0.4, -0.2) is 67.1 Å². The second-order valence-corrected chi connectivity index (χ2v) is 6.96. The van der Waals surface area contributed by atoms with E-state index in [2.05, 4.69) is 25.3 Å². The number of rotatable bonds is 4. The van der Waals surface area contributed by atoms with Gasteiger partial charge in [-0.25, -0.2) is 0 Å². The Morgan fingerprint density at radius 2 is 1.79 bits per heavy atom. The van der Waals surface area contributed by atoms with Gasteiger partial charge >= 0.3 is 0 Å². The third-order valence-electron chi connectivity index (χ3n) is 4.93. The van der Waals surface area contributed by atoms with E-state index < -0.39 is 0 Å². The van der Waals surface area contributed by atoms with E-state index in [0.717, 1.165) is 44.7 Å². The van der Waals surface area contributed by atoms with Crippen molar-refractivity contribution >= 4 is 5.91 Å². The van der Waals surface area contributed by atoms with Gasteiger partial charge in [-0.15, -0.1) is 10.2 Å². The smallest absolute Gasteiger partial charge is 0.253 e. The second kappa shape index (κ2) is 8.26. The molecule has 0 radical (unpaired) electrons. The highest BCUT2D eigenvalue weighted by Crippen LogP contribution is 2.17. The molecular formula is C20H23N7O. The number of pyridine rings is 1. The highest BCUT2D eigenvalue weighted by atomic mass is 16.2. The maximum atomic E-state index is 12.9. The van der Waals surface area contributed by atoms with Gasteiger partial charge in [-0.3, -0.25) is 14.7 Å². The van der Waals surface area contributed by atoms with Gasteiger partial charge in [-0.1, -0.05) is 12.1 Å². The molecule has 8 nitrogen and oxygen atoms in total.